The van der Waals surface area contributed by atoms with Crippen molar-refractivity contribution < 1.29 is 4.42 Å². The molecule has 0 aliphatic rings. The zero-order valence-electron chi connectivity index (χ0n) is 21.5. The first-order valence-electron chi connectivity index (χ1n) is 13.8. The van der Waals surface area contributed by atoms with Gasteiger partial charge in [0, 0.05) is 32.6 Å². The van der Waals surface area contributed by atoms with Gasteiger partial charge in [0.15, 0.2) is 0 Å². The van der Waals surface area contributed by atoms with Crippen molar-refractivity contribution in [3.05, 3.63) is 127 Å². The lowest BCUT2D eigenvalue weighted by atomic mass is 9.89. The van der Waals surface area contributed by atoms with Crippen LogP contribution in [0.5, 0.6) is 0 Å². The average molecular weight is 508 g/mol. The van der Waals surface area contributed by atoms with Crippen molar-refractivity contribution in [3.63, 3.8) is 0 Å². The molecule has 2 heteroatoms. The lowest BCUT2D eigenvalue weighted by molar-refractivity contribution is 0.669. The van der Waals surface area contributed by atoms with Gasteiger partial charge in [0.2, 0.25) is 0 Å². The van der Waals surface area contributed by atoms with E-state index in [0.717, 1.165) is 22.2 Å². The average Bonchev–Trinajstić information content (AvgIpc) is 3.56. The Morgan fingerprint density at radius 3 is 2.08 bits per heavy atom. The maximum Gasteiger partial charge on any atom is 0.136 e. The molecule has 8 aromatic carbocycles. The van der Waals surface area contributed by atoms with E-state index in [1.807, 2.05) is 12.1 Å². The van der Waals surface area contributed by atoms with Crippen LogP contribution in [0.25, 0.3) is 92.9 Å². The molecule has 2 nitrogen and oxygen atoms in total. The highest BCUT2D eigenvalue weighted by molar-refractivity contribution is 6.40. The first-order valence-corrected chi connectivity index (χ1v) is 13.8. The number of fused-ring (bicyclic) bond motifs is 4. The normalized spacial score (nSPS) is 12.5. The Bertz CT molecular complexity index is 2600. The summed E-state index contributed by atoms with van der Waals surface area (Å²) >= 11 is 0. The van der Waals surface area contributed by atoms with E-state index >= 15 is 0 Å². The van der Waals surface area contributed by atoms with E-state index in [4.69, 9.17) is 4.42 Å². The summed E-state index contributed by atoms with van der Waals surface area (Å²) in [4.78, 5) is 0. The molecule has 0 bridgehead atoms. The first-order chi connectivity index (χ1) is 19.8. The molecule has 40 heavy (non-hydrogen) atoms. The van der Waals surface area contributed by atoms with Gasteiger partial charge < -0.3 is 8.98 Å². The quantitative estimate of drug-likeness (QED) is 0.168. The number of aromatic nitrogens is 1. The highest BCUT2D eigenvalue weighted by Crippen LogP contribution is 2.47. The van der Waals surface area contributed by atoms with Crippen LogP contribution in [0, 0.1) is 0 Å². The van der Waals surface area contributed by atoms with Crippen molar-refractivity contribution in [1.82, 2.24) is 4.57 Å². The molecule has 0 saturated heterocycles. The predicted octanol–water partition coefficient (Wildman–Crippen LogP) is 10.7. The Labute approximate surface area is 228 Å². The third-order valence-electron chi connectivity index (χ3n) is 8.89. The third-order valence-corrected chi connectivity index (χ3v) is 8.89. The number of para-hydroxylation sites is 1. The molecule has 0 amide bonds. The van der Waals surface area contributed by atoms with Crippen molar-refractivity contribution in [3.8, 4) is 16.8 Å². The summed E-state index contributed by atoms with van der Waals surface area (Å²) < 4.78 is 8.67. The topological polar surface area (TPSA) is 18.1 Å². The summed E-state index contributed by atoms with van der Waals surface area (Å²) in [6, 6.07) is 46.3. The maximum atomic E-state index is 6.21. The molecule has 184 valence electrons. The van der Waals surface area contributed by atoms with Gasteiger partial charge in [0.1, 0.15) is 11.2 Å². The van der Waals surface area contributed by atoms with Gasteiger partial charge in [0.25, 0.3) is 0 Å². The molecule has 2 aromatic heterocycles. The van der Waals surface area contributed by atoms with Gasteiger partial charge in [-0.1, -0.05) is 91.0 Å². The maximum absolute atomic E-state index is 6.21. The summed E-state index contributed by atoms with van der Waals surface area (Å²) in [6.07, 6.45) is 0. The Kier molecular flexibility index (Phi) is 3.70. The van der Waals surface area contributed by atoms with Crippen LogP contribution >= 0.6 is 0 Å². The monoisotopic (exact) mass is 507 g/mol. The van der Waals surface area contributed by atoms with Crippen LogP contribution in [-0.2, 0) is 0 Å². The van der Waals surface area contributed by atoms with Crippen LogP contribution in [0.1, 0.15) is 0 Å². The fraction of sp³-hybridized carbons (Fsp3) is 0. The third kappa shape index (κ3) is 2.45. The minimum atomic E-state index is 0.921. The SMILES string of the molecule is c1cc(-c2cccc3oc4ccccc4c23)cc(-n2c3cccc4c5cccc6ccc7ccc2c(c7c65)c43)c1. The predicted molar refractivity (Wildman–Crippen MR) is 168 cm³/mol. The highest BCUT2D eigenvalue weighted by Gasteiger charge is 2.22. The van der Waals surface area contributed by atoms with Gasteiger partial charge in [-0.15, -0.1) is 0 Å². The second kappa shape index (κ2) is 7.19. The van der Waals surface area contributed by atoms with E-state index in [2.05, 4.69) is 120 Å². The molecular weight excluding hydrogens is 486 g/mol. The standard InChI is InChI=1S/C38H21NO/c1-2-15-32-29(10-1)36-26(11-6-16-33(36)40-32)24-8-3-9-25(21-24)39-30-14-5-13-28-27-12-4-7-22-17-18-23-19-20-31(39)38(37(28)30)35(23)34(22)27/h1-21H. The Morgan fingerprint density at radius 1 is 0.425 bits per heavy atom. The van der Waals surface area contributed by atoms with E-state index < -0.39 is 0 Å². The zero-order chi connectivity index (χ0) is 25.9. The van der Waals surface area contributed by atoms with E-state index in [0.29, 0.717) is 0 Å². The number of nitrogens with zero attached hydrogens (tertiary/aromatic N) is 1. The van der Waals surface area contributed by atoms with Gasteiger partial charge in [0.05, 0.1) is 11.0 Å². The number of hydrogen-bond acceptors (Lipinski definition) is 1. The molecule has 0 fully saturated rings. The van der Waals surface area contributed by atoms with Gasteiger partial charge in [-0.05, 0) is 74.5 Å². The number of furan rings is 1. The molecule has 0 atom stereocenters. The smallest absolute Gasteiger partial charge is 0.136 e. The molecule has 0 spiro atoms. The van der Waals surface area contributed by atoms with Crippen LogP contribution in [0.2, 0.25) is 0 Å². The van der Waals surface area contributed by atoms with Crippen LogP contribution in [-0.4, -0.2) is 4.57 Å². The molecule has 0 radical (unpaired) electrons. The van der Waals surface area contributed by atoms with E-state index in [1.165, 1.54) is 70.6 Å². The summed E-state index contributed by atoms with van der Waals surface area (Å²) in [5.41, 5.74) is 7.88. The van der Waals surface area contributed by atoms with E-state index in [9.17, 15) is 0 Å². The van der Waals surface area contributed by atoms with Gasteiger partial charge in [-0.2, -0.15) is 0 Å². The van der Waals surface area contributed by atoms with Crippen molar-refractivity contribution >= 4 is 76.1 Å². The van der Waals surface area contributed by atoms with Gasteiger partial charge >= 0.3 is 0 Å². The number of benzene rings is 8. The summed E-state index contributed by atoms with van der Waals surface area (Å²) in [5.74, 6) is 0. The molecule has 10 rings (SSSR count). The summed E-state index contributed by atoms with van der Waals surface area (Å²) in [7, 11) is 0. The van der Waals surface area contributed by atoms with Crippen molar-refractivity contribution in [2.75, 3.05) is 0 Å². The highest BCUT2D eigenvalue weighted by atomic mass is 16.3. The minimum absolute atomic E-state index is 0.921. The fourth-order valence-electron chi connectivity index (χ4n) is 7.30. The fourth-order valence-corrected chi connectivity index (χ4v) is 7.30. The molecule has 10 aromatic rings. The second-order valence-corrected chi connectivity index (χ2v) is 10.9. The molecular formula is C38H21NO. The second-order valence-electron chi connectivity index (χ2n) is 10.9. The zero-order valence-corrected chi connectivity index (χ0v) is 21.5. The Morgan fingerprint density at radius 2 is 1.12 bits per heavy atom. The molecule has 0 unspecified atom stereocenters. The first kappa shape index (κ1) is 20.6. The molecule has 0 saturated carbocycles. The van der Waals surface area contributed by atoms with Crippen LogP contribution in [0.4, 0.5) is 0 Å². The lowest BCUT2D eigenvalue weighted by Gasteiger charge is -2.13. The molecule has 2 heterocycles. The molecule has 0 N–H and O–H groups in total. The van der Waals surface area contributed by atoms with Crippen molar-refractivity contribution in [1.29, 1.82) is 0 Å². The van der Waals surface area contributed by atoms with Crippen molar-refractivity contribution in [2.45, 2.75) is 0 Å². The number of hydrogen-bond donors (Lipinski definition) is 0. The Balaban J connectivity index is 1.32. The van der Waals surface area contributed by atoms with Crippen molar-refractivity contribution in [2.24, 2.45) is 0 Å². The van der Waals surface area contributed by atoms with Crippen LogP contribution < -0.4 is 0 Å². The lowest BCUT2D eigenvalue weighted by Crippen LogP contribution is -1.94. The van der Waals surface area contributed by atoms with Gasteiger partial charge in [-0.25, -0.2) is 0 Å². The molecule has 0 aliphatic carbocycles. The summed E-state index contributed by atoms with van der Waals surface area (Å²) in [5, 5.41) is 13.0. The van der Waals surface area contributed by atoms with E-state index in [1.54, 1.807) is 0 Å². The Hall–Kier alpha value is -5.34. The largest absolute Gasteiger partial charge is 0.456 e. The van der Waals surface area contributed by atoms with Crippen LogP contribution in [0.3, 0.4) is 0 Å². The summed E-state index contributed by atoms with van der Waals surface area (Å²) in [6.45, 7) is 0. The van der Waals surface area contributed by atoms with Crippen LogP contribution in [0.15, 0.2) is 132 Å². The molecule has 0 aliphatic heterocycles. The number of rotatable bonds is 2. The minimum Gasteiger partial charge on any atom is -0.456 e. The van der Waals surface area contributed by atoms with Gasteiger partial charge in [-0.3, -0.25) is 0 Å². The van der Waals surface area contributed by atoms with E-state index in [-0.39, 0.29) is 0 Å².